The number of rotatable bonds is 5. The molecule has 0 radical (unpaired) electrons. The van der Waals surface area contributed by atoms with E-state index in [1.807, 2.05) is 19.2 Å². The van der Waals surface area contributed by atoms with Gasteiger partial charge in [-0.15, -0.1) is 0 Å². The second-order valence-corrected chi connectivity index (χ2v) is 5.48. The van der Waals surface area contributed by atoms with Crippen molar-refractivity contribution in [1.82, 2.24) is 20.5 Å². The van der Waals surface area contributed by atoms with Gasteiger partial charge in [0.15, 0.2) is 0 Å². The molecule has 6 nitrogen and oxygen atoms in total. The minimum absolute atomic E-state index is 0.0168. The van der Waals surface area contributed by atoms with Crippen molar-refractivity contribution in [2.45, 2.75) is 18.9 Å². The number of nitrogens with one attached hydrogen (secondary N) is 2. The molecule has 6 heteroatoms. The molecule has 0 aliphatic carbocycles. The lowest BCUT2D eigenvalue weighted by atomic mass is 10.0. The topological polar surface area (TPSA) is 74.3 Å². The Kier molecular flexibility index (Phi) is 5.27. The van der Waals surface area contributed by atoms with Crippen LogP contribution in [0.25, 0.3) is 0 Å². The molecule has 2 atom stereocenters. The van der Waals surface area contributed by atoms with Gasteiger partial charge in [-0.2, -0.15) is 0 Å². The maximum absolute atomic E-state index is 12.1. The van der Waals surface area contributed by atoms with Crippen LogP contribution in [-0.2, 0) is 16.0 Å². The predicted molar refractivity (Wildman–Crippen MR) is 79.5 cm³/mol. The minimum atomic E-state index is -0.178. The van der Waals surface area contributed by atoms with Gasteiger partial charge in [0.1, 0.15) is 0 Å². The molecular formula is C15H22N4O2. The molecule has 1 aromatic heterocycles. The smallest absolute Gasteiger partial charge is 0.226 e. The minimum Gasteiger partial charge on any atom is -0.359 e. The first kappa shape index (κ1) is 15.4. The molecule has 0 spiro atoms. The van der Waals surface area contributed by atoms with Crippen LogP contribution >= 0.6 is 0 Å². The normalized spacial score (nSPS) is 22.0. The van der Waals surface area contributed by atoms with Crippen LogP contribution in [0.5, 0.6) is 0 Å². The van der Waals surface area contributed by atoms with Gasteiger partial charge in [-0.3, -0.25) is 14.6 Å². The number of pyridine rings is 1. The summed E-state index contributed by atoms with van der Waals surface area (Å²) in [5, 5.41) is 5.65. The van der Waals surface area contributed by atoms with Gasteiger partial charge in [-0.05, 0) is 25.1 Å². The predicted octanol–water partition coefficient (Wildman–Crippen LogP) is -0.193. The lowest BCUT2D eigenvalue weighted by Gasteiger charge is -2.18. The monoisotopic (exact) mass is 290 g/mol. The summed E-state index contributed by atoms with van der Waals surface area (Å²) in [5.74, 6) is -0.215. The first-order valence-electron chi connectivity index (χ1n) is 7.18. The number of carbonyl (C=O) groups is 2. The summed E-state index contributed by atoms with van der Waals surface area (Å²) in [6.45, 7) is 1.38. The molecule has 2 N–H and O–H groups in total. The van der Waals surface area contributed by atoms with Crippen molar-refractivity contribution in [3.05, 3.63) is 30.1 Å². The van der Waals surface area contributed by atoms with Crippen LogP contribution in [0, 0.1) is 5.92 Å². The molecule has 1 fully saturated rings. The lowest BCUT2D eigenvalue weighted by Crippen LogP contribution is -2.45. The highest BCUT2D eigenvalue weighted by atomic mass is 16.2. The van der Waals surface area contributed by atoms with Gasteiger partial charge in [-0.25, -0.2) is 0 Å². The number of aromatic nitrogens is 1. The van der Waals surface area contributed by atoms with Gasteiger partial charge >= 0.3 is 0 Å². The highest BCUT2D eigenvalue weighted by Gasteiger charge is 2.36. The number of hydrogen-bond donors (Lipinski definition) is 2. The van der Waals surface area contributed by atoms with Crippen molar-refractivity contribution < 1.29 is 9.59 Å². The van der Waals surface area contributed by atoms with E-state index >= 15 is 0 Å². The number of likely N-dealkylation sites (N-methyl/N-ethyl adjacent to an activating group) is 1. The number of hydrogen-bond acceptors (Lipinski definition) is 4. The molecular weight excluding hydrogens is 268 g/mol. The quantitative estimate of drug-likeness (QED) is 0.788. The fourth-order valence-electron chi connectivity index (χ4n) is 2.68. The van der Waals surface area contributed by atoms with Gasteiger partial charge in [0.2, 0.25) is 11.8 Å². The molecule has 114 valence electrons. The van der Waals surface area contributed by atoms with E-state index in [1.54, 1.807) is 19.4 Å². The molecule has 0 unspecified atom stereocenters. The van der Waals surface area contributed by atoms with E-state index in [4.69, 9.17) is 0 Å². The molecule has 2 rings (SSSR count). The second kappa shape index (κ2) is 7.17. The Labute approximate surface area is 124 Å². The van der Waals surface area contributed by atoms with Crippen LogP contribution in [-0.4, -0.2) is 54.9 Å². The van der Waals surface area contributed by atoms with Crippen molar-refractivity contribution in [2.75, 3.05) is 27.2 Å². The van der Waals surface area contributed by atoms with Crippen molar-refractivity contribution in [3.8, 4) is 0 Å². The maximum Gasteiger partial charge on any atom is 0.226 e. The molecule has 21 heavy (non-hydrogen) atoms. The van der Waals surface area contributed by atoms with Gasteiger partial charge in [0, 0.05) is 39.0 Å². The first-order chi connectivity index (χ1) is 10.1. The van der Waals surface area contributed by atoms with E-state index in [-0.39, 0.29) is 23.8 Å². The van der Waals surface area contributed by atoms with Crippen LogP contribution in [0.4, 0.5) is 0 Å². The molecule has 2 heterocycles. The Balaban J connectivity index is 1.85. The van der Waals surface area contributed by atoms with Crippen LogP contribution in [0.3, 0.4) is 0 Å². The van der Waals surface area contributed by atoms with E-state index in [1.165, 1.54) is 0 Å². The third-order valence-electron chi connectivity index (χ3n) is 3.80. The van der Waals surface area contributed by atoms with Crippen molar-refractivity contribution in [1.29, 1.82) is 0 Å². The molecule has 1 aliphatic rings. The van der Waals surface area contributed by atoms with Crippen LogP contribution < -0.4 is 10.6 Å². The average molecular weight is 290 g/mol. The Morgan fingerprint density at radius 2 is 2.24 bits per heavy atom. The summed E-state index contributed by atoms with van der Waals surface area (Å²) < 4.78 is 0. The zero-order chi connectivity index (χ0) is 15.2. The SMILES string of the molecule is CNC(=O)[C@@H]1CN(C)C[C@@H]1NC(=O)CCc1cccnc1. The largest absolute Gasteiger partial charge is 0.359 e. The third-order valence-corrected chi connectivity index (χ3v) is 3.80. The van der Waals surface area contributed by atoms with E-state index in [9.17, 15) is 9.59 Å². The van der Waals surface area contributed by atoms with Crippen LogP contribution in [0.2, 0.25) is 0 Å². The fraction of sp³-hybridized carbons (Fsp3) is 0.533. The zero-order valence-electron chi connectivity index (χ0n) is 12.5. The molecule has 0 bridgehead atoms. The number of amides is 2. The second-order valence-electron chi connectivity index (χ2n) is 5.48. The van der Waals surface area contributed by atoms with E-state index < -0.39 is 0 Å². The number of nitrogens with zero attached hydrogens (tertiary/aromatic N) is 2. The Morgan fingerprint density at radius 1 is 1.43 bits per heavy atom. The summed E-state index contributed by atoms with van der Waals surface area (Å²) in [4.78, 5) is 30.0. The number of likely N-dealkylation sites (tertiary alicyclic amines) is 1. The van der Waals surface area contributed by atoms with Gasteiger partial charge in [0.05, 0.1) is 12.0 Å². The first-order valence-corrected chi connectivity index (χ1v) is 7.18. The number of aryl methyl sites for hydroxylation is 1. The summed E-state index contributed by atoms with van der Waals surface area (Å²) in [7, 11) is 3.58. The van der Waals surface area contributed by atoms with Crippen LogP contribution in [0.15, 0.2) is 24.5 Å². The highest BCUT2D eigenvalue weighted by molar-refractivity contribution is 5.82. The summed E-state index contributed by atoms with van der Waals surface area (Å²) in [5.41, 5.74) is 1.04. The van der Waals surface area contributed by atoms with Crippen LogP contribution in [0.1, 0.15) is 12.0 Å². The zero-order valence-corrected chi connectivity index (χ0v) is 12.5. The van der Waals surface area contributed by atoms with E-state index in [0.717, 1.165) is 5.56 Å². The Bertz CT molecular complexity index is 492. The van der Waals surface area contributed by atoms with Gasteiger partial charge in [0.25, 0.3) is 0 Å². The average Bonchev–Trinajstić information content (AvgIpc) is 2.86. The number of carbonyl (C=O) groups excluding carboxylic acids is 2. The Hall–Kier alpha value is -1.95. The lowest BCUT2D eigenvalue weighted by molar-refractivity contribution is -0.125. The molecule has 1 aliphatic heterocycles. The fourth-order valence-corrected chi connectivity index (χ4v) is 2.68. The summed E-state index contributed by atoms with van der Waals surface area (Å²) >= 11 is 0. The van der Waals surface area contributed by atoms with Crippen molar-refractivity contribution in [3.63, 3.8) is 0 Å². The van der Waals surface area contributed by atoms with E-state index in [0.29, 0.717) is 25.9 Å². The third kappa shape index (κ3) is 4.26. The molecule has 2 amide bonds. The van der Waals surface area contributed by atoms with Gasteiger partial charge in [-0.1, -0.05) is 6.07 Å². The van der Waals surface area contributed by atoms with Crippen molar-refractivity contribution in [2.24, 2.45) is 5.92 Å². The molecule has 1 aromatic rings. The maximum atomic E-state index is 12.1. The summed E-state index contributed by atoms with van der Waals surface area (Å²) in [6.07, 6.45) is 4.55. The van der Waals surface area contributed by atoms with Crippen molar-refractivity contribution >= 4 is 11.8 Å². The van der Waals surface area contributed by atoms with E-state index in [2.05, 4.69) is 20.5 Å². The molecule has 0 aromatic carbocycles. The molecule has 0 saturated carbocycles. The van der Waals surface area contributed by atoms with Gasteiger partial charge < -0.3 is 15.5 Å². The highest BCUT2D eigenvalue weighted by Crippen LogP contribution is 2.16. The Morgan fingerprint density at radius 3 is 2.90 bits per heavy atom. The molecule has 1 saturated heterocycles. The standard InChI is InChI=1S/C15H22N4O2/c1-16-15(21)12-9-19(2)10-13(12)18-14(20)6-5-11-4-3-7-17-8-11/h3-4,7-8,12-13H,5-6,9-10H2,1-2H3,(H,16,21)(H,18,20)/t12-,13+/m1/s1. The summed E-state index contributed by atoms with van der Waals surface area (Å²) in [6, 6.07) is 3.70.